The van der Waals surface area contributed by atoms with E-state index in [4.69, 9.17) is 15.0 Å². The van der Waals surface area contributed by atoms with Gasteiger partial charge in [-0.3, -0.25) is 9.78 Å². The summed E-state index contributed by atoms with van der Waals surface area (Å²) in [7, 11) is 3.15. The standard InChI is InChI=1S/C17H19N5O3/c1-11(13-7-15(24-2)9-16(8-13)25-3)21-17(23)12-4-5-19-14(6-12)10-20-22-18/h4-9,11H,10H2,1-3H3,(H,21,23). The van der Waals surface area contributed by atoms with E-state index in [-0.39, 0.29) is 18.5 Å². The second-order valence-corrected chi connectivity index (χ2v) is 5.27. The summed E-state index contributed by atoms with van der Waals surface area (Å²) in [6, 6.07) is 8.39. The van der Waals surface area contributed by atoms with Crippen molar-refractivity contribution in [3.8, 4) is 11.5 Å². The van der Waals surface area contributed by atoms with E-state index >= 15 is 0 Å². The van der Waals surface area contributed by atoms with Crippen LogP contribution in [0.5, 0.6) is 11.5 Å². The molecular weight excluding hydrogens is 322 g/mol. The highest BCUT2D eigenvalue weighted by Gasteiger charge is 2.14. The minimum atomic E-state index is -0.259. The zero-order valence-electron chi connectivity index (χ0n) is 14.3. The van der Waals surface area contributed by atoms with Gasteiger partial charge in [0.25, 0.3) is 5.91 Å². The van der Waals surface area contributed by atoms with Crippen LogP contribution in [0.3, 0.4) is 0 Å². The van der Waals surface area contributed by atoms with E-state index in [1.54, 1.807) is 32.4 Å². The summed E-state index contributed by atoms with van der Waals surface area (Å²) >= 11 is 0. The van der Waals surface area contributed by atoms with Crippen LogP contribution in [0.2, 0.25) is 0 Å². The number of azide groups is 1. The molecule has 8 nitrogen and oxygen atoms in total. The second-order valence-electron chi connectivity index (χ2n) is 5.27. The lowest BCUT2D eigenvalue weighted by Gasteiger charge is -2.16. The van der Waals surface area contributed by atoms with Gasteiger partial charge in [0, 0.05) is 28.4 Å². The monoisotopic (exact) mass is 341 g/mol. The maximum atomic E-state index is 12.5. The molecule has 1 aromatic carbocycles. The third kappa shape index (κ3) is 4.86. The molecule has 0 spiro atoms. The van der Waals surface area contributed by atoms with Crippen molar-refractivity contribution >= 4 is 5.91 Å². The van der Waals surface area contributed by atoms with Crippen molar-refractivity contribution in [1.82, 2.24) is 10.3 Å². The summed E-state index contributed by atoms with van der Waals surface area (Å²) in [4.78, 5) is 19.2. The summed E-state index contributed by atoms with van der Waals surface area (Å²) < 4.78 is 10.5. The molecule has 1 amide bonds. The number of aromatic nitrogens is 1. The maximum absolute atomic E-state index is 12.5. The number of hydrogen-bond acceptors (Lipinski definition) is 5. The van der Waals surface area contributed by atoms with E-state index < -0.39 is 0 Å². The van der Waals surface area contributed by atoms with Gasteiger partial charge in [0.1, 0.15) is 11.5 Å². The Morgan fingerprint density at radius 3 is 2.56 bits per heavy atom. The van der Waals surface area contributed by atoms with Crippen LogP contribution < -0.4 is 14.8 Å². The van der Waals surface area contributed by atoms with Gasteiger partial charge in [-0.2, -0.15) is 0 Å². The SMILES string of the molecule is COc1cc(OC)cc(C(C)NC(=O)c2ccnc(CN=[N+]=[N-])c2)c1. The highest BCUT2D eigenvalue weighted by molar-refractivity contribution is 5.94. The van der Waals surface area contributed by atoms with Crippen LogP contribution in [0, 0.1) is 0 Å². The molecular formula is C17H19N5O3. The van der Waals surface area contributed by atoms with E-state index in [2.05, 4.69) is 20.3 Å². The first-order valence-corrected chi connectivity index (χ1v) is 7.57. The lowest BCUT2D eigenvalue weighted by molar-refractivity contribution is 0.0939. The Balaban J connectivity index is 2.16. The lowest BCUT2D eigenvalue weighted by atomic mass is 10.1. The van der Waals surface area contributed by atoms with E-state index in [1.807, 2.05) is 19.1 Å². The Morgan fingerprint density at radius 1 is 1.28 bits per heavy atom. The van der Waals surface area contributed by atoms with Crippen LogP contribution in [0.4, 0.5) is 0 Å². The molecule has 25 heavy (non-hydrogen) atoms. The summed E-state index contributed by atoms with van der Waals surface area (Å²) in [6.45, 7) is 1.97. The van der Waals surface area contributed by atoms with Gasteiger partial charge in [0.2, 0.25) is 0 Å². The summed E-state index contributed by atoms with van der Waals surface area (Å²) in [6.07, 6.45) is 1.51. The number of amides is 1. The Bertz CT molecular complexity index is 780. The maximum Gasteiger partial charge on any atom is 0.251 e. The molecule has 8 heteroatoms. The van der Waals surface area contributed by atoms with Gasteiger partial charge in [-0.05, 0) is 42.3 Å². The minimum Gasteiger partial charge on any atom is -0.497 e. The zero-order chi connectivity index (χ0) is 18.2. The molecule has 0 aliphatic carbocycles. The number of methoxy groups -OCH3 is 2. The Morgan fingerprint density at radius 2 is 1.96 bits per heavy atom. The summed E-state index contributed by atoms with van der Waals surface area (Å²) in [5.74, 6) is 1.05. The fraction of sp³-hybridized carbons (Fsp3) is 0.294. The van der Waals surface area contributed by atoms with Crippen LogP contribution in [-0.2, 0) is 6.54 Å². The number of rotatable bonds is 7. The molecule has 1 unspecified atom stereocenters. The smallest absolute Gasteiger partial charge is 0.251 e. The molecule has 1 heterocycles. The topological polar surface area (TPSA) is 109 Å². The van der Waals surface area contributed by atoms with Crippen LogP contribution in [-0.4, -0.2) is 25.1 Å². The molecule has 130 valence electrons. The first-order valence-electron chi connectivity index (χ1n) is 7.57. The fourth-order valence-electron chi connectivity index (χ4n) is 2.25. The van der Waals surface area contributed by atoms with Crippen LogP contribution in [0.15, 0.2) is 41.6 Å². The predicted octanol–water partition coefficient (Wildman–Crippen LogP) is 3.40. The molecule has 0 saturated carbocycles. The van der Waals surface area contributed by atoms with Gasteiger partial charge in [-0.1, -0.05) is 5.11 Å². The highest BCUT2D eigenvalue weighted by Crippen LogP contribution is 2.26. The first-order chi connectivity index (χ1) is 12.1. The van der Waals surface area contributed by atoms with Gasteiger partial charge in [-0.15, -0.1) is 0 Å². The largest absolute Gasteiger partial charge is 0.497 e. The molecule has 2 aromatic rings. The number of carbonyl (C=O) groups is 1. The van der Waals surface area contributed by atoms with Crippen LogP contribution >= 0.6 is 0 Å². The Kier molecular flexibility index (Phi) is 6.20. The van der Waals surface area contributed by atoms with Crippen molar-refractivity contribution in [2.45, 2.75) is 19.5 Å². The molecule has 1 atom stereocenters. The van der Waals surface area contributed by atoms with Gasteiger partial charge in [0.15, 0.2) is 0 Å². The van der Waals surface area contributed by atoms with Crippen molar-refractivity contribution in [2.75, 3.05) is 14.2 Å². The number of pyridine rings is 1. The number of carbonyl (C=O) groups excluding carboxylic acids is 1. The predicted molar refractivity (Wildman–Crippen MR) is 92.5 cm³/mol. The second kappa shape index (κ2) is 8.56. The van der Waals surface area contributed by atoms with Gasteiger partial charge in [0.05, 0.1) is 26.8 Å². The van der Waals surface area contributed by atoms with E-state index in [0.29, 0.717) is 22.8 Å². The fourth-order valence-corrected chi connectivity index (χ4v) is 2.25. The average molecular weight is 341 g/mol. The van der Waals surface area contributed by atoms with Crippen LogP contribution in [0.25, 0.3) is 10.4 Å². The number of benzene rings is 1. The van der Waals surface area contributed by atoms with E-state index in [1.165, 1.54) is 6.20 Å². The van der Waals surface area contributed by atoms with Crippen molar-refractivity contribution in [2.24, 2.45) is 5.11 Å². The average Bonchev–Trinajstić information content (AvgIpc) is 2.65. The minimum absolute atomic E-state index is 0.0975. The number of nitrogens with one attached hydrogen (secondary N) is 1. The number of hydrogen-bond donors (Lipinski definition) is 1. The zero-order valence-corrected chi connectivity index (χ0v) is 14.3. The normalized spacial score (nSPS) is 11.2. The van der Waals surface area contributed by atoms with E-state index in [9.17, 15) is 4.79 Å². The molecule has 0 aliphatic heterocycles. The molecule has 2 rings (SSSR count). The Hall–Kier alpha value is -3.25. The van der Waals surface area contributed by atoms with E-state index in [0.717, 1.165) is 5.56 Å². The number of nitrogens with zero attached hydrogens (tertiary/aromatic N) is 4. The van der Waals surface area contributed by atoms with Crippen molar-refractivity contribution in [1.29, 1.82) is 0 Å². The molecule has 0 bridgehead atoms. The molecule has 0 aliphatic rings. The number of ether oxygens (including phenoxy) is 2. The lowest BCUT2D eigenvalue weighted by Crippen LogP contribution is -2.26. The molecule has 0 radical (unpaired) electrons. The van der Waals surface area contributed by atoms with Gasteiger partial charge >= 0.3 is 0 Å². The third-order valence-electron chi connectivity index (χ3n) is 3.60. The quantitative estimate of drug-likeness (QED) is 0.473. The molecule has 1 aromatic heterocycles. The van der Waals surface area contributed by atoms with Gasteiger partial charge in [-0.25, -0.2) is 0 Å². The molecule has 1 N–H and O–H groups in total. The summed E-state index contributed by atoms with van der Waals surface area (Å²) in [5, 5.41) is 6.36. The third-order valence-corrected chi connectivity index (χ3v) is 3.60. The highest BCUT2D eigenvalue weighted by atomic mass is 16.5. The molecule has 0 fully saturated rings. The van der Waals surface area contributed by atoms with Crippen molar-refractivity contribution < 1.29 is 14.3 Å². The van der Waals surface area contributed by atoms with Gasteiger partial charge < -0.3 is 14.8 Å². The summed E-state index contributed by atoms with van der Waals surface area (Å²) in [5.41, 5.74) is 10.2. The first kappa shape index (κ1) is 18.1. The molecule has 0 saturated heterocycles. The van der Waals surface area contributed by atoms with Crippen LogP contribution in [0.1, 0.15) is 34.6 Å². The van der Waals surface area contributed by atoms with Crippen molar-refractivity contribution in [3.05, 3.63) is 63.8 Å². The Labute approximate surface area is 145 Å². The van der Waals surface area contributed by atoms with Crippen molar-refractivity contribution in [3.63, 3.8) is 0 Å².